The fraction of sp³-hybridized carbons (Fsp3) is 0.444. The number of hydrogen-bond donors (Lipinski definition) is 0. The van der Waals surface area contributed by atoms with E-state index in [-0.39, 0.29) is 5.91 Å². The molecule has 4 rings (SSSR count). The molecule has 1 unspecified atom stereocenters. The van der Waals surface area contributed by atoms with Crippen molar-refractivity contribution in [2.24, 2.45) is 0 Å². The number of likely N-dealkylation sites (tertiary alicyclic amines) is 1. The van der Waals surface area contributed by atoms with E-state index in [4.69, 9.17) is 4.74 Å². The van der Waals surface area contributed by atoms with Gasteiger partial charge in [0.2, 0.25) is 0 Å². The SMILES string of the molecule is O=C(c1cncc2ccccc12)N1CCC(N2CCOCC2)C1. The van der Waals surface area contributed by atoms with Crippen LogP contribution in [0, 0.1) is 0 Å². The minimum Gasteiger partial charge on any atom is -0.379 e. The number of fused-ring (bicyclic) bond motifs is 1. The van der Waals surface area contributed by atoms with E-state index in [2.05, 4.69) is 9.88 Å². The van der Waals surface area contributed by atoms with E-state index in [1.54, 1.807) is 6.20 Å². The fourth-order valence-corrected chi connectivity index (χ4v) is 3.62. The van der Waals surface area contributed by atoms with Crippen LogP contribution in [0.25, 0.3) is 10.8 Å². The molecule has 2 saturated heterocycles. The summed E-state index contributed by atoms with van der Waals surface area (Å²) in [4.78, 5) is 21.6. The Morgan fingerprint density at radius 2 is 1.96 bits per heavy atom. The summed E-state index contributed by atoms with van der Waals surface area (Å²) in [6.07, 6.45) is 4.56. The van der Waals surface area contributed by atoms with E-state index in [0.717, 1.165) is 56.6 Å². The summed E-state index contributed by atoms with van der Waals surface area (Å²) >= 11 is 0. The Bertz CT molecular complexity index is 707. The number of nitrogens with zero attached hydrogens (tertiary/aromatic N) is 3. The lowest BCUT2D eigenvalue weighted by Gasteiger charge is -2.32. The summed E-state index contributed by atoms with van der Waals surface area (Å²) < 4.78 is 5.42. The number of hydrogen-bond acceptors (Lipinski definition) is 4. The van der Waals surface area contributed by atoms with Gasteiger partial charge < -0.3 is 9.64 Å². The molecule has 0 aliphatic carbocycles. The van der Waals surface area contributed by atoms with E-state index in [1.165, 1.54) is 0 Å². The van der Waals surface area contributed by atoms with Gasteiger partial charge in [-0.3, -0.25) is 14.7 Å². The third-order valence-corrected chi connectivity index (χ3v) is 4.91. The molecule has 3 heterocycles. The largest absolute Gasteiger partial charge is 0.379 e. The Kier molecular flexibility index (Phi) is 3.97. The van der Waals surface area contributed by atoms with Crippen molar-refractivity contribution in [3.8, 4) is 0 Å². The van der Waals surface area contributed by atoms with Gasteiger partial charge in [-0.2, -0.15) is 0 Å². The molecule has 120 valence electrons. The van der Waals surface area contributed by atoms with Crippen LogP contribution in [0.3, 0.4) is 0 Å². The lowest BCUT2D eigenvalue weighted by molar-refractivity contribution is 0.0185. The van der Waals surface area contributed by atoms with Crippen molar-refractivity contribution in [1.29, 1.82) is 0 Å². The zero-order valence-corrected chi connectivity index (χ0v) is 13.1. The number of aromatic nitrogens is 1. The zero-order chi connectivity index (χ0) is 15.6. The molecule has 2 aliphatic heterocycles. The van der Waals surface area contributed by atoms with Crippen molar-refractivity contribution in [3.05, 3.63) is 42.2 Å². The minimum atomic E-state index is 0.102. The molecule has 0 N–H and O–H groups in total. The van der Waals surface area contributed by atoms with Crippen molar-refractivity contribution in [2.75, 3.05) is 39.4 Å². The third-order valence-electron chi connectivity index (χ3n) is 4.91. The molecule has 0 spiro atoms. The lowest BCUT2D eigenvalue weighted by Crippen LogP contribution is -2.45. The quantitative estimate of drug-likeness (QED) is 0.848. The normalized spacial score (nSPS) is 22.6. The van der Waals surface area contributed by atoms with Crippen LogP contribution in [-0.4, -0.2) is 66.1 Å². The fourth-order valence-electron chi connectivity index (χ4n) is 3.62. The monoisotopic (exact) mass is 311 g/mol. The van der Waals surface area contributed by atoms with Gasteiger partial charge in [0.15, 0.2) is 0 Å². The first-order valence-corrected chi connectivity index (χ1v) is 8.27. The van der Waals surface area contributed by atoms with Crippen molar-refractivity contribution in [1.82, 2.24) is 14.8 Å². The number of pyridine rings is 1. The Morgan fingerprint density at radius 3 is 2.83 bits per heavy atom. The highest BCUT2D eigenvalue weighted by Gasteiger charge is 2.32. The van der Waals surface area contributed by atoms with Gasteiger partial charge in [0.1, 0.15) is 0 Å². The molecule has 23 heavy (non-hydrogen) atoms. The van der Waals surface area contributed by atoms with Gasteiger partial charge in [-0.15, -0.1) is 0 Å². The Hall–Kier alpha value is -1.98. The first-order valence-electron chi connectivity index (χ1n) is 8.27. The van der Waals surface area contributed by atoms with Gasteiger partial charge >= 0.3 is 0 Å². The second kappa shape index (κ2) is 6.26. The van der Waals surface area contributed by atoms with Gasteiger partial charge in [0.25, 0.3) is 5.91 Å². The van der Waals surface area contributed by atoms with Crippen LogP contribution in [-0.2, 0) is 4.74 Å². The van der Waals surface area contributed by atoms with Crippen LogP contribution >= 0.6 is 0 Å². The van der Waals surface area contributed by atoms with Crippen LogP contribution < -0.4 is 0 Å². The molecule has 2 fully saturated rings. The zero-order valence-electron chi connectivity index (χ0n) is 13.1. The van der Waals surface area contributed by atoms with Crippen LogP contribution in [0.5, 0.6) is 0 Å². The standard InChI is InChI=1S/C18H21N3O2/c22-18(17-12-19-11-14-3-1-2-4-16(14)17)21-6-5-15(13-21)20-7-9-23-10-8-20/h1-4,11-12,15H,5-10,13H2. The molecule has 2 aliphatic rings. The number of carbonyl (C=O) groups excluding carboxylic acids is 1. The van der Waals surface area contributed by atoms with E-state index in [1.807, 2.05) is 35.4 Å². The van der Waals surface area contributed by atoms with Gasteiger partial charge in [0, 0.05) is 50.0 Å². The van der Waals surface area contributed by atoms with Crippen molar-refractivity contribution in [3.63, 3.8) is 0 Å². The molecule has 2 aromatic rings. The maximum Gasteiger partial charge on any atom is 0.256 e. The van der Waals surface area contributed by atoms with Gasteiger partial charge in [-0.25, -0.2) is 0 Å². The van der Waals surface area contributed by atoms with Crippen molar-refractivity contribution < 1.29 is 9.53 Å². The maximum absolute atomic E-state index is 12.9. The summed E-state index contributed by atoms with van der Waals surface area (Å²) in [5.74, 6) is 0.102. The summed E-state index contributed by atoms with van der Waals surface area (Å²) in [5.41, 5.74) is 0.714. The maximum atomic E-state index is 12.9. The lowest BCUT2D eigenvalue weighted by atomic mass is 10.1. The first kappa shape index (κ1) is 14.6. The molecule has 5 nitrogen and oxygen atoms in total. The summed E-state index contributed by atoms with van der Waals surface area (Å²) in [6, 6.07) is 8.41. The third kappa shape index (κ3) is 2.82. The number of amides is 1. The predicted molar refractivity (Wildman–Crippen MR) is 88.4 cm³/mol. The molecular weight excluding hydrogens is 290 g/mol. The smallest absolute Gasteiger partial charge is 0.256 e. The Balaban J connectivity index is 1.53. The molecule has 0 saturated carbocycles. The molecule has 0 radical (unpaired) electrons. The van der Waals surface area contributed by atoms with E-state index in [0.29, 0.717) is 11.6 Å². The van der Waals surface area contributed by atoms with Gasteiger partial charge in [0.05, 0.1) is 18.8 Å². The molecule has 0 bridgehead atoms. The highest BCUT2D eigenvalue weighted by Crippen LogP contribution is 2.23. The molecular formula is C18H21N3O2. The number of ether oxygens (including phenoxy) is 1. The van der Waals surface area contributed by atoms with E-state index >= 15 is 0 Å². The van der Waals surface area contributed by atoms with Gasteiger partial charge in [-0.1, -0.05) is 24.3 Å². The van der Waals surface area contributed by atoms with Crippen molar-refractivity contribution in [2.45, 2.75) is 12.5 Å². The number of benzene rings is 1. The number of carbonyl (C=O) groups is 1. The topological polar surface area (TPSA) is 45.7 Å². The van der Waals surface area contributed by atoms with Crippen LogP contribution in [0.4, 0.5) is 0 Å². The second-order valence-electron chi connectivity index (χ2n) is 6.25. The number of morpholine rings is 1. The molecule has 1 amide bonds. The average Bonchev–Trinajstić information content (AvgIpc) is 3.11. The van der Waals surface area contributed by atoms with Crippen LogP contribution in [0.15, 0.2) is 36.7 Å². The Morgan fingerprint density at radius 1 is 1.13 bits per heavy atom. The molecule has 1 aromatic carbocycles. The predicted octanol–water partition coefficient (Wildman–Crippen LogP) is 1.78. The number of rotatable bonds is 2. The summed E-state index contributed by atoms with van der Waals surface area (Å²) in [6.45, 7) is 5.19. The van der Waals surface area contributed by atoms with E-state index < -0.39 is 0 Å². The minimum absolute atomic E-state index is 0.102. The van der Waals surface area contributed by atoms with Crippen LogP contribution in [0.2, 0.25) is 0 Å². The second-order valence-corrected chi connectivity index (χ2v) is 6.25. The molecule has 5 heteroatoms. The molecule has 1 aromatic heterocycles. The highest BCUT2D eigenvalue weighted by molar-refractivity contribution is 6.06. The van der Waals surface area contributed by atoms with E-state index in [9.17, 15) is 4.79 Å². The van der Waals surface area contributed by atoms with Crippen molar-refractivity contribution >= 4 is 16.7 Å². The average molecular weight is 311 g/mol. The van der Waals surface area contributed by atoms with Crippen LogP contribution in [0.1, 0.15) is 16.8 Å². The highest BCUT2D eigenvalue weighted by atomic mass is 16.5. The molecule has 1 atom stereocenters. The first-order chi connectivity index (χ1) is 11.3. The Labute approximate surface area is 135 Å². The summed E-state index contributed by atoms with van der Waals surface area (Å²) in [7, 11) is 0. The van der Waals surface area contributed by atoms with Gasteiger partial charge in [-0.05, 0) is 11.8 Å². The summed E-state index contributed by atoms with van der Waals surface area (Å²) in [5, 5.41) is 2.00.